The first-order chi connectivity index (χ1) is 14.0. The number of carbonyl (C=O) groups excluding carboxylic acids is 2. The summed E-state index contributed by atoms with van der Waals surface area (Å²) in [5.74, 6) is -1.67. The molecule has 31 heavy (non-hydrogen) atoms. The van der Waals surface area contributed by atoms with Crippen LogP contribution in [0, 0.1) is 0 Å². The average molecular weight is 455 g/mol. The minimum Gasteiger partial charge on any atom is -0.480 e. The highest BCUT2D eigenvalue weighted by Crippen LogP contribution is 2.40. The van der Waals surface area contributed by atoms with Gasteiger partial charge >= 0.3 is 12.1 Å². The molecule has 9 nitrogen and oxygen atoms in total. The van der Waals surface area contributed by atoms with Crippen LogP contribution in [0.4, 0.5) is 4.79 Å². The summed E-state index contributed by atoms with van der Waals surface area (Å²) in [6, 6.07) is 5.13. The second-order valence-electron chi connectivity index (χ2n) is 9.55. The Bertz CT molecular complexity index is 957. The third-order valence-corrected chi connectivity index (χ3v) is 7.01. The van der Waals surface area contributed by atoms with Crippen molar-refractivity contribution in [1.82, 2.24) is 9.62 Å². The third kappa shape index (κ3) is 5.96. The maximum absolute atomic E-state index is 12.9. The highest BCUT2D eigenvalue weighted by molar-refractivity contribution is 7.90. The van der Waals surface area contributed by atoms with Crippen molar-refractivity contribution in [2.75, 3.05) is 0 Å². The Kier molecular flexibility index (Phi) is 6.75. The van der Waals surface area contributed by atoms with E-state index in [2.05, 4.69) is 5.32 Å². The molecule has 1 heterocycles. The fourth-order valence-electron chi connectivity index (χ4n) is 3.42. The molecule has 2 rings (SSSR count). The number of rotatable bonds is 5. The molecule has 1 aromatic rings. The molecule has 0 radical (unpaired) electrons. The maximum Gasteiger partial charge on any atom is 0.408 e. The van der Waals surface area contributed by atoms with Gasteiger partial charge in [0.1, 0.15) is 16.9 Å². The van der Waals surface area contributed by atoms with Crippen molar-refractivity contribution in [2.45, 2.75) is 76.8 Å². The first-order valence-electron chi connectivity index (χ1n) is 9.90. The molecule has 10 heteroatoms. The Morgan fingerprint density at radius 1 is 1.16 bits per heavy atom. The lowest BCUT2D eigenvalue weighted by Crippen LogP contribution is -2.45. The van der Waals surface area contributed by atoms with E-state index in [1.807, 2.05) is 0 Å². The van der Waals surface area contributed by atoms with Crippen LogP contribution >= 0.6 is 0 Å². The Balaban J connectivity index is 2.17. The molecule has 0 aromatic heterocycles. The number of carboxylic acid groups (broad SMARTS) is 1. The molecule has 1 aliphatic rings. The number of alkyl carbamates (subject to hydrolysis) is 1. The fraction of sp³-hybridized carbons (Fsp3) is 0.571. The van der Waals surface area contributed by atoms with Crippen molar-refractivity contribution in [3.63, 3.8) is 0 Å². The topological polar surface area (TPSA) is 130 Å². The number of benzene rings is 1. The van der Waals surface area contributed by atoms with Crippen molar-refractivity contribution in [2.24, 2.45) is 0 Å². The van der Waals surface area contributed by atoms with E-state index < -0.39 is 50.4 Å². The van der Waals surface area contributed by atoms with Crippen molar-refractivity contribution in [3.05, 3.63) is 35.4 Å². The summed E-state index contributed by atoms with van der Waals surface area (Å²) in [6.07, 6.45) is -0.995. The number of sulfonamides is 1. The van der Waals surface area contributed by atoms with E-state index in [-0.39, 0.29) is 12.8 Å². The van der Waals surface area contributed by atoms with Gasteiger partial charge in [0.2, 0.25) is 15.9 Å². The lowest BCUT2D eigenvalue weighted by molar-refractivity contribution is -0.139. The molecule has 1 fully saturated rings. The van der Waals surface area contributed by atoms with Crippen LogP contribution in [0.3, 0.4) is 0 Å². The van der Waals surface area contributed by atoms with Crippen LogP contribution in [0.25, 0.3) is 0 Å². The zero-order valence-electron chi connectivity index (χ0n) is 18.6. The lowest BCUT2D eigenvalue weighted by atomic mass is 10.0. The summed E-state index contributed by atoms with van der Waals surface area (Å²) in [5.41, 5.74) is -0.579. The number of nitrogens with one attached hydrogen (secondary N) is 1. The Morgan fingerprint density at radius 3 is 2.13 bits per heavy atom. The summed E-state index contributed by atoms with van der Waals surface area (Å²) in [5, 5.41) is 10.8. The molecule has 2 amide bonds. The van der Waals surface area contributed by atoms with Crippen LogP contribution in [0.5, 0.6) is 0 Å². The molecule has 0 saturated carbocycles. The second-order valence-corrected chi connectivity index (χ2v) is 11.5. The number of amides is 2. The quantitative estimate of drug-likeness (QED) is 0.699. The monoisotopic (exact) mass is 454 g/mol. The van der Waals surface area contributed by atoms with Gasteiger partial charge in [-0.25, -0.2) is 22.3 Å². The predicted molar refractivity (Wildman–Crippen MR) is 114 cm³/mol. The van der Waals surface area contributed by atoms with Crippen molar-refractivity contribution < 1.29 is 32.6 Å². The van der Waals surface area contributed by atoms with Crippen LogP contribution in [0.1, 0.15) is 64.3 Å². The molecule has 1 aliphatic heterocycles. The van der Waals surface area contributed by atoms with Gasteiger partial charge in [-0.15, -0.1) is 0 Å². The molecule has 0 spiro atoms. The molecule has 1 unspecified atom stereocenters. The first kappa shape index (κ1) is 24.6. The van der Waals surface area contributed by atoms with E-state index >= 15 is 0 Å². The van der Waals surface area contributed by atoms with Crippen LogP contribution in [0.15, 0.2) is 24.3 Å². The zero-order chi connectivity index (χ0) is 23.8. The van der Waals surface area contributed by atoms with E-state index in [0.717, 1.165) is 4.31 Å². The summed E-state index contributed by atoms with van der Waals surface area (Å²) >= 11 is 0. The van der Waals surface area contributed by atoms with Crippen LogP contribution in [-0.2, 0) is 30.8 Å². The number of carbonyl (C=O) groups is 3. The van der Waals surface area contributed by atoms with E-state index in [1.54, 1.807) is 65.8 Å². The fourth-order valence-corrected chi connectivity index (χ4v) is 5.65. The van der Waals surface area contributed by atoms with Crippen LogP contribution in [-0.4, -0.2) is 53.0 Å². The molecule has 1 aromatic carbocycles. The number of aliphatic carboxylic acids is 1. The van der Waals surface area contributed by atoms with Crippen LogP contribution < -0.4 is 5.32 Å². The number of hydrogen-bond donors (Lipinski definition) is 2. The van der Waals surface area contributed by atoms with Gasteiger partial charge in [-0.1, -0.05) is 24.3 Å². The maximum atomic E-state index is 12.9. The number of hydrogen-bond acceptors (Lipinski definition) is 6. The summed E-state index contributed by atoms with van der Waals surface area (Å²) < 4.78 is 31.8. The normalized spacial score (nSPS) is 19.7. The van der Waals surface area contributed by atoms with Gasteiger partial charge in [0.05, 0.1) is 12.0 Å². The van der Waals surface area contributed by atoms with E-state index in [0.29, 0.717) is 11.1 Å². The van der Waals surface area contributed by atoms with Gasteiger partial charge in [-0.2, -0.15) is 0 Å². The smallest absolute Gasteiger partial charge is 0.408 e. The first-order valence-corrected chi connectivity index (χ1v) is 11.4. The highest BCUT2D eigenvalue weighted by Gasteiger charge is 2.49. The molecule has 1 saturated heterocycles. The van der Waals surface area contributed by atoms with Crippen molar-refractivity contribution in [1.29, 1.82) is 0 Å². The van der Waals surface area contributed by atoms with Gasteiger partial charge in [0, 0.05) is 6.42 Å². The minimum absolute atomic E-state index is 0.0146. The summed E-state index contributed by atoms with van der Waals surface area (Å²) in [7, 11) is -3.85. The number of ether oxygens (including phenoxy) is 1. The van der Waals surface area contributed by atoms with Crippen molar-refractivity contribution >= 4 is 28.0 Å². The third-order valence-electron chi connectivity index (χ3n) is 4.59. The summed E-state index contributed by atoms with van der Waals surface area (Å²) in [6.45, 7) is 10.0. The van der Waals surface area contributed by atoms with Gasteiger partial charge in [-0.05, 0) is 52.7 Å². The average Bonchev–Trinajstić information content (AvgIpc) is 2.81. The summed E-state index contributed by atoms with van der Waals surface area (Å²) in [4.78, 5) is 35.8. The second kappa shape index (κ2) is 8.49. The molecule has 172 valence electrons. The van der Waals surface area contributed by atoms with Gasteiger partial charge in [-0.3, -0.25) is 4.79 Å². The van der Waals surface area contributed by atoms with E-state index in [9.17, 15) is 27.9 Å². The SMILES string of the molecule is CC(C)(C)OC(=O)N[C@@H](Cc1ccc(C2CC(=O)N(C(C)(C)C)S2(=O)=O)cc1)C(=O)O. The molecule has 2 atom stereocenters. The number of nitrogens with zero attached hydrogens (tertiary/aromatic N) is 1. The predicted octanol–water partition coefficient (Wildman–Crippen LogP) is 2.61. The highest BCUT2D eigenvalue weighted by atomic mass is 32.2. The van der Waals surface area contributed by atoms with Gasteiger partial charge < -0.3 is 15.2 Å². The van der Waals surface area contributed by atoms with Crippen LogP contribution in [0.2, 0.25) is 0 Å². The van der Waals surface area contributed by atoms with Crippen molar-refractivity contribution in [3.8, 4) is 0 Å². The molecule has 2 N–H and O–H groups in total. The molecular weight excluding hydrogens is 424 g/mol. The Labute approximate surface area is 182 Å². The Hall–Kier alpha value is -2.62. The minimum atomic E-state index is -3.85. The van der Waals surface area contributed by atoms with Gasteiger partial charge in [0.15, 0.2) is 0 Å². The lowest BCUT2D eigenvalue weighted by Gasteiger charge is -2.30. The Morgan fingerprint density at radius 2 is 1.71 bits per heavy atom. The molecular formula is C21H30N2O7S. The molecule has 0 bridgehead atoms. The molecule has 0 aliphatic carbocycles. The standard InChI is InChI=1S/C21H30N2O7S/c1-20(2,3)23-17(24)12-16(31(23,28)29)14-9-7-13(8-10-14)11-15(18(25)26)22-19(27)30-21(4,5)6/h7-10,15-16H,11-12H2,1-6H3,(H,22,27)(H,25,26)/t15-,16?/m0/s1. The van der Waals surface area contributed by atoms with E-state index in [4.69, 9.17) is 4.74 Å². The van der Waals surface area contributed by atoms with E-state index in [1.165, 1.54) is 0 Å². The largest absolute Gasteiger partial charge is 0.480 e. The number of carboxylic acids is 1. The zero-order valence-corrected chi connectivity index (χ0v) is 19.4. The van der Waals surface area contributed by atoms with Gasteiger partial charge in [0.25, 0.3) is 0 Å².